The molecule has 0 saturated carbocycles. The second-order valence-electron chi connectivity index (χ2n) is 4.43. The highest BCUT2D eigenvalue weighted by Crippen LogP contribution is 2.23. The minimum atomic E-state index is -1.02. The number of aromatic nitrogens is 2. The molecule has 0 aliphatic carbocycles. The first kappa shape index (κ1) is 11.8. The van der Waals surface area contributed by atoms with E-state index in [2.05, 4.69) is 21.8 Å². The molecule has 2 rings (SSSR count). The maximum absolute atomic E-state index is 10.8. The first-order valence-electron chi connectivity index (χ1n) is 6.01. The molecule has 1 aromatic heterocycles. The van der Waals surface area contributed by atoms with Gasteiger partial charge in [0.15, 0.2) is 5.69 Å². The Hall–Kier alpha value is -1.65. The van der Waals surface area contributed by atoms with Crippen molar-refractivity contribution >= 4 is 11.8 Å². The normalized spacial score (nSPS) is 20.3. The lowest BCUT2D eigenvalue weighted by Crippen LogP contribution is -2.36. The Kier molecular flexibility index (Phi) is 3.56. The zero-order valence-corrected chi connectivity index (χ0v) is 9.96. The van der Waals surface area contributed by atoms with Crippen LogP contribution in [0, 0.1) is 5.92 Å². The molecule has 1 aliphatic heterocycles. The third kappa shape index (κ3) is 2.72. The van der Waals surface area contributed by atoms with Crippen molar-refractivity contribution in [2.75, 3.05) is 18.0 Å². The van der Waals surface area contributed by atoms with Crippen LogP contribution in [0.1, 0.15) is 36.7 Å². The molecule has 1 aromatic rings. The molecule has 1 atom stereocenters. The lowest BCUT2D eigenvalue weighted by molar-refractivity contribution is 0.0690. The van der Waals surface area contributed by atoms with Crippen molar-refractivity contribution in [3.63, 3.8) is 0 Å². The van der Waals surface area contributed by atoms with E-state index in [4.69, 9.17) is 5.11 Å². The van der Waals surface area contributed by atoms with Crippen LogP contribution in [-0.4, -0.2) is 34.1 Å². The van der Waals surface area contributed by atoms with E-state index in [1.54, 1.807) is 6.20 Å². The summed E-state index contributed by atoms with van der Waals surface area (Å²) in [7, 11) is 0. The largest absolute Gasteiger partial charge is 0.476 e. The predicted molar refractivity (Wildman–Crippen MR) is 64.2 cm³/mol. The van der Waals surface area contributed by atoms with E-state index in [0.717, 1.165) is 25.9 Å². The van der Waals surface area contributed by atoms with Gasteiger partial charge in [0.1, 0.15) is 5.82 Å². The molecule has 0 bridgehead atoms. The van der Waals surface area contributed by atoms with Gasteiger partial charge >= 0.3 is 5.97 Å². The Bertz CT molecular complexity index is 408. The number of carboxylic acid groups (broad SMARTS) is 1. The van der Waals surface area contributed by atoms with Crippen molar-refractivity contribution in [1.82, 2.24) is 9.97 Å². The van der Waals surface area contributed by atoms with Crippen molar-refractivity contribution in [2.45, 2.75) is 26.2 Å². The Morgan fingerprint density at radius 1 is 1.59 bits per heavy atom. The summed E-state index contributed by atoms with van der Waals surface area (Å²) in [4.78, 5) is 21.0. The van der Waals surface area contributed by atoms with E-state index in [1.807, 2.05) is 0 Å². The van der Waals surface area contributed by atoms with Crippen molar-refractivity contribution in [2.24, 2.45) is 5.92 Å². The van der Waals surface area contributed by atoms with E-state index in [9.17, 15) is 4.79 Å². The van der Waals surface area contributed by atoms with Crippen LogP contribution in [0.3, 0.4) is 0 Å². The van der Waals surface area contributed by atoms with Gasteiger partial charge in [-0.3, -0.25) is 4.98 Å². The van der Waals surface area contributed by atoms with Gasteiger partial charge in [-0.05, 0) is 18.8 Å². The molecule has 0 aromatic carbocycles. The van der Waals surface area contributed by atoms with E-state index in [-0.39, 0.29) is 5.69 Å². The maximum atomic E-state index is 10.8. The summed E-state index contributed by atoms with van der Waals surface area (Å²) < 4.78 is 0. The summed E-state index contributed by atoms with van der Waals surface area (Å²) in [6.45, 7) is 4.08. The average molecular weight is 235 g/mol. The van der Waals surface area contributed by atoms with Gasteiger partial charge in [-0.1, -0.05) is 13.3 Å². The monoisotopic (exact) mass is 235 g/mol. The summed E-state index contributed by atoms with van der Waals surface area (Å²) in [5.74, 6) is 0.338. The molecule has 0 spiro atoms. The maximum Gasteiger partial charge on any atom is 0.356 e. The fraction of sp³-hybridized carbons (Fsp3) is 0.583. The second kappa shape index (κ2) is 5.12. The molecule has 1 aliphatic rings. The molecule has 1 fully saturated rings. The standard InChI is InChI=1S/C12H17N3O2/c1-2-9-4-3-5-15(8-9)11-7-13-6-10(14-11)12(16)17/h6-7,9H,2-5,8H2,1H3,(H,16,17). The fourth-order valence-electron chi connectivity index (χ4n) is 2.22. The van der Waals surface area contributed by atoms with Crippen LogP contribution in [0.4, 0.5) is 5.82 Å². The number of piperidine rings is 1. The highest BCUT2D eigenvalue weighted by Gasteiger charge is 2.20. The fourth-order valence-corrected chi connectivity index (χ4v) is 2.22. The van der Waals surface area contributed by atoms with Crippen LogP contribution in [0.2, 0.25) is 0 Å². The van der Waals surface area contributed by atoms with Crippen LogP contribution >= 0.6 is 0 Å². The number of carboxylic acids is 1. The van der Waals surface area contributed by atoms with E-state index in [1.165, 1.54) is 12.6 Å². The third-order valence-electron chi connectivity index (χ3n) is 3.26. The van der Waals surface area contributed by atoms with Gasteiger partial charge < -0.3 is 10.0 Å². The van der Waals surface area contributed by atoms with Gasteiger partial charge in [0.2, 0.25) is 0 Å². The van der Waals surface area contributed by atoms with Gasteiger partial charge in [-0.2, -0.15) is 0 Å². The van der Waals surface area contributed by atoms with E-state index >= 15 is 0 Å². The van der Waals surface area contributed by atoms with Crippen molar-refractivity contribution in [3.8, 4) is 0 Å². The molecule has 1 unspecified atom stereocenters. The SMILES string of the molecule is CCC1CCCN(c2cncc(C(=O)O)n2)C1. The van der Waals surface area contributed by atoms with E-state index in [0.29, 0.717) is 11.7 Å². The molecule has 17 heavy (non-hydrogen) atoms. The van der Waals surface area contributed by atoms with Crippen LogP contribution in [0.5, 0.6) is 0 Å². The number of hydrogen-bond acceptors (Lipinski definition) is 4. The Morgan fingerprint density at radius 3 is 3.12 bits per heavy atom. The van der Waals surface area contributed by atoms with Gasteiger partial charge in [-0.25, -0.2) is 9.78 Å². The first-order chi connectivity index (χ1) is 8.20. The average Bonchev–Trinajstić information content (AvgIpc) is 2.39. The predicted octanol–water partition coefficient (Wildman–Crippen LogP) is 1.80. The number of rotatable bonds is 3. The summed E-state index contributed by atoms with van der Waals surface area (Å²) in [6.07, 6.45) is 6.47. The molecular weight excluding hydrogens is 218 g/mol. The van der Waals surface area contributed by atoms with Crippen molar-refractivity contribution < 1.29 is 9.90 Å². The topological polar surface area (TPSA) is 66.3 Å². The van der Waals surface area contributed by atoms with Crippen LogP contribution in [0.15, 0.2) is 12.4 Å². The summed E-state index contributed by atoms with van der Waals surface area (Å²) in [6, 6.07) is 0. The summed E-state index contributed by atoms with van der Waals surface area (Å²) in [5, 5.41) is 8.88. The Morgan fingerprint density at radius 2 is 2.41 bits per heavy atom. The highest BCUT2D eigenvalue weighted by molar-refractivity contribution is 5.85. The molecule has 2 heterocycles. The summed E-state index contributed by atoms with van der Waals surface area (Å²) >= 11 is 0. The number of nitrogens with zero attached hydrogens (tertiary/aromatic N) is 3. The summed E-state index contributed by atoms with van der Waals surface area (Å²) in [5.41, 5.74) is 0.0149. The minimum Gasteiger partial charge on any atom is -0.476 e. The van der Waals surface area contributed by atoms with Gasteiger partial charge in [0.05, 0.1) is 12.4 Å². The number of hydrogen-bond donors (Lipinski definition) is 1. The molecule has 1 saturated heterocycles. The Balaban J connectivity index is 2.16. The van der Waals surface area contributed by atoms with Crippen LogP contribution in [0.25, 0.3) is 0 Å². The third-order valence-corrected chi connectivity index (χ3v) is 3.26. The Labute approximate surface area is 100 Å². The molecule has 5 heteroatoms. The molecular formula is C12H17N3O2. The highest BCUT2D eigenvalue weighted by atomic mass is 16.4. The van der Waals surface area contributed by atoms with Gasteiger partial charge in [-0.15, -0.1) is 0 Å². The number of anilines is 1. The van der Waals surface area contributed by atoms with Crippen molar-refractivity contribution in [1.29, 1.82) is 0 Å². The molecule has 5 nitrogen and oxygen atoms in total. The zero-order valence-electron chi connectivity index (χ0n) is 9.96. The number of aromatic carboxylic acids is 1. The molecule has 0 radical (unpaired) electrons. The quantitative estimate of drug-likeness (QED) is 0.865. The van der Waals surface area contributed by atoms with Crippen molar-refractivity contribution in [3.05, 3.63) is 18.1 Å². The van der Waals surface area contributed by atoms with Gasteiger partial charge in [0, 0.05) is 13.1 Å². The smallest absolute Gasteiger partial charge is 0.356 e. The molecule has 1 N–H and O–H groups in total. The van der Waals surface area contributed by atoms with E-state index < -0.39 is 5.97 Å². The zero-order chi connectivity index (χ0) is 12.3. The lowest BCUT2D eigenvalue weighted by Gasteiger charge is -2.32. The second-order valence-corrected chi connectivity index (χ2v) is 4.43. The lowest BCUT2D eigenvalue weighted by atomic mass is 9.96. The first-order valence-corrected chi connectivity index (χ1v) is 6.01. The van der Waals surface area contributed by atoms with Crippen LogP contribution < -0.4 is 4.90 Å². The minimum absolute atomic E-state index is 0.0149. The van der Waals surface area contributed by atoms with Gasteiger partial charge in [0.25, 0.3) is 0 Å². The number of carbonyl (C=O) groups is 1. The molecule has 0 amide bonds. The van der Waals surface area contributed by atoms with Crippen LogP contribution in [-0.2, 0) is 0 Å². The molecule has 92 valence electrons.